The van der Waals surface area contributed by atoms with Crippen LogP contribution in [0.3, 0.4) is 0 Å². The van der Waals surface area contributed by atoms with Crippen molar-refractivity contribution in [3.63, 3.8) is 0 Å². The fourth-order valence-electron chi connectivity index (χ4n) is 1.31. The second kappa shape index (κ2) is 5.15. The Labute approximate surface area is 92.1 Å². The number of carboxylic acid groups (broad SMARTS) is 1. The lowest BCUT2D eigenvalue weighted by Gasteiger charge is -2.09. The first kappa shape index (κ1) is 11.2. The highest BCUT2D eigenvalue weighted by Crippen LogP contribution is 2.15. The summed E-state index contributed by atoms with van der Waals surface area (Å²) in [5.74, 6) is -0.980. The molecule has 0 radical (unpaired) electrons. The standard InChI is InChI=1S/C11H13BrO2/c1-2-9(11(13)14)7-8-3-5-10(12)6-4-8/h3-6,9H,2,7H2,1H3,(H,13,14). The van der Waals surface area contributed by atoms with Gasteiger partial charge in [0.2, 0.25) is 0 Å². The van der Waals surface area contributed by atoms with E-state index in [2.05, 4.69) is 15.9 Å². The Balaban J connectivity index is 2.67. The molecule has 1 unspecified atom stereocenters. The van der Waals surface area contributed by atoms with Gasteiger partial charge in [0.05, 0.1) is 5.92 Å². The first-order valence-electron chi connectivity index (χ1n) is 4.60. The van der Waals surface area contributed by atoms with Crippen LogP contribution >= 0.6 is 15.9 Å². The van der Waals surface area contributed by atoms with Gasteiger partial charge in [0.15, 0.2) is 0 Å². The normalized spacial score (nSPS) is 12.4. The molecule has 0 bridgehead atoms. The number of benzene rings is 1. The van der Waals surface area contributed by atoms with E-state index in [1.54, 1.807) is 0 Å². The summed E-state index contributed by atoms with van der Waals surface area (Å²) in [6.45, 7) is 1.90. The van der Waals surface area contributed by atoms with Gasteiger partial charge in [-0.3, -0.25) is 4.79 Å². The van der Waals surface area contributed by atoms with E-state index in [0.717, 1.165) is 10.0 Å². The predicted octanol–water partition coefficient (Wildman–Crippen LogP) is 3.10. The molecule has 0 fully saturated rings. The molecule has 76 valence electrons. The molecule has 2 nitrogen and oxygen atoms in total. The van der Waals surface area contributed by atoms with Crippen molar-refractivity contribution in [2.75, 3.05) is 0 Å². The Kier molecular flexibility index (Phi) is 4.14. The maximum atomic E-state index is 10.8. The highest BCUT2D eigenvalue weighted by atomic mass is 79.9. The number of hydrogen-bond acceptors (Lipinski definition) is 1. The highest BCUT2D eigenvalue weighted by Gasteiger charge is 2.14. The third-order valence-electron chi connectivity index (χ3n) is 2.24. The molecule has 0 saturated carbocycles. The van der Waals surface area contributed by atoms with Crippen LogP contribution in [0, 0.1) is 5.92 Å². The zero-order chi connectivity index (χ0) is 10.6. The lowest BCUT2D eigenvalue weighted by Crippen LogP contribution is -2.15. The van der Waals surface area contributed by atoms with E-state index in [4.69, 9.17) is 5.11 Å². The molecular formula is C11H13BrO2. The monoisotopic (exact) mass is 256 g/mol. The van der Waals surface area contributed by atoms with Crippen molar-refractivity contribution in [1.82, 2.24) is 0 Å². The second-order valence-corrected chi connectivity index (χ2v) is 4.19. The summed E-state index contributed by atoms with van der Waals surface area (Å²) in [6.07, 6.45) is 1.28. The minimum absolute atomic E-state index is 0.267. The topological polar surface area (TPSA) is 37.3 Å². The third kappa shape index (κ3) is 3.14. The average Bonchev–Trinajstić information content (AvgIpc) is 2.16. The molecule has 0 saturated heterocycles. The Morgan fingerprint density at radius 3 is 2.43 bits per heavy atom. The van der Waals surface area contributed by atoms with Gasteiger partial charge in [0, 0.05) is 4.47 Å². The van der Waals surface area contributed by atoms with Gasteiger partial charge in [-0.15, -0.1) is 0 Å². The maximum absolute atomic E-state index is 10.8. The summed E-state index contributed by atoms with van der Waals surface area (Å²) in [6, 6.07) is 7.78. The Bertz CT molecular complexity index is 306. The van der Waals surface area contributed by atoms with Gasteiger partial charge < -0.3 is 5.11 Å². The molecule has 1 N–H and O–H groups in total. The van der Waals surface area contributed by atoms with E-state index in [1.165, 1.54) is 0 Å². The van der Waals surface area contributed by atoms with E-state index in [0.29, 0.717) is 12.8 Å². The van der Waals surface area contributed by atoms with Crippen molar-refractivity contribution in [1.29, 1.82) is 0 Å². The number of halogens is 1. The summed E-state index contributed by atoms with van der Waals surface area (Å²) in [5.41, 5.74) is 1.07. The zero-order valence-electron chi connectivity index (χ0n) is 8.03. The second-order valence-electron chi connectivity index (χ2n) is 3.27. The molecule has 1 atom stereocenters. The number of carboxylic acids is 1. The third-order valence-corrected chi connectivity index (χ3v) is 2.77. The molecule has 0 amide bonds. The van der Waals surface area contributed by atoms with Gasteiger partial charge >= 0.3 is 5.97 Å². The van der Waals surface area contributed by atoms with Gasteiger partial charge in [-0.05, 0) is 30.5 Å². The lowest BCUT2D eigenvalue weighted by atomic mass is 9.97. The van der Waals surface area contributed by atoms with Crippen molar-refractivity contribution >= 4 is 21.9 Å². The SMILES string of the molecule is CCC(Cc1ccc(Br)cc1)C(=O)O. The maximum Gasteiger partial charge on any atom is 0.306 e. The van der Waals surface area contributed by atoms with Crippen molar-refractivity contribution in [2.24, 2.45) is 5.92 Å². The first-order chi connectivity index (χ1) is 6.63. The number of rotatable bonds is 4. The van der Waals surface area contributed by atoms with E-state index in [1.807, 2.05) is 31.2 Å². The van der Waals surface area contributed by atoms with Crippen molar-refractivity contribution in [3.8, 4) is 0 Å². The van der Waals surface area contributed by atoms with E-state index in [9.17, 15) is 4.79 Å². The van der Waals surface area contributed by atoms with Gasteiger partial charge in [0.25, 0.3) is 0 Å². The van der Waals surface area contributed by atoms with Gasteiger partial charge in [0.1, 0.15) is 0 Å². The molecule has 0 heterocycles. The van der Waals surface area contributed by atoms with Crippen LogP contribution in [0.1, 0.15) is 18.9 Å². The molecule has 14 heavy (non-hydrogen) atoms. The highest BCUT2D eigenvalue weighted by molar-refractivity contribution is 9.10. The molecule has 3 heteroatoms. The van der Waals surface area contributed by atoms with Crippen LogP contribution in [0.15, 0.2) is 28.7 Å². The molecule has 0 spiro atoms. The molecule has 1 rings (SSSR count). The van der Waals surface area contributed by atoms with E-state index < -0.39 is 5.97 Å². The lowest BCUT2D eigenvalue weighted by molar-refractivity contribution is -0.141. The minimum Gasteiger partial charge on any atom is -0.481 e. The van der Waals surface area contributed by atoms with E-state index >= 15 is 0 Å². The smallest absolute Gasteiger partial charge is 0.306 e. The summed E-state index contributed by atoms with van der Waals surface area (Å²) in [7, 11) is 0. The number of carbonyl (C=O) groups is 1. The van der Waals surface area contributed by atoms with Crippen molar-refractivity contribution in [2.45, 2.75) is 19.8 Å². The van der Waals surface area contributed by atoms with Gasteiger partial charge in [-0.2, -0.15) is 0 Å². The summed E-state index contributed by atoms with van der Waals surface area (Å²) < 4.78 is 1.02. The summed E-state index contributed by atoms with van der Waals surface area (Å²) in [4.78, 5) is 10.8. The first-order valence-corrected chi connectivity index (χ1v) is 5.40. The molecule has 1 aromatic carbocycles. The number of aliphatic carboxylic acids is 1. The summed E-state index contributed by atoms with van der Waals surface area (Å²) in [5, 5.41) is 8.88. The molecule has 0 aliphatic carbocycles. The van der Waals surface area contributed by atoms with Gasteiger partial charge in [-0.1, -0.05) is 35.0 Å². The Morgan fingerprint density at radius 2 is 2.00 bits per heavy atom. The van der Waals surface area contributed by atoms with Crippen molar-refractivity contribution < 1.29 is 9.90 Å². The largest absolute Gasteiger partial charge is 0.481 e. The Morgan fingerprint density at radius 1 is 1.43 bits per heavy atom. The van der Waals surface area contributed by atoms with Crippen LogP contribution in [0.2, 0.25) is 0 Å². The van der Waals surface area contributed by atoms with Crippen LogP contribution in [0.25, 0.3) is 0 Å². The predicted molar refractivity (Wildman–Crippen MR) is 59.3 cm³/mol. The molecule has 0 aromatic heterocycles. The molecule has 0 aliphatic rings. The zero-order valence-corrected chi connectivity index (χ0v) is 9.62. The van der Waals surface area contributed by atoms with Crippen molar-refractivity contribution in [3.05, 3.63) is 34.3 Å². The Hall–Kier alpha value is -0.830. The summed E-state index contributed by atoms with van der Waals surface area (Å²) >= 11 is 3.34. The quantitative estimate of drug-likeness (QED) is 0.899. The average molecular weight is 257 g/mol. The van der Waals surface area contributed by atoms with Crippen LogP contribution in [0.5, 0.6) is 0 Å². The fraction of sp³-hybridized carbons (Fsp3) is 0.364. The number of hydrogen-bond donors (Lipinski definition) is 1. The van der Waals surface area contributed by atoms with E-state index in [-0.39, 0.29) is 5.92 Å². The van der Waals surface area contributed by atoms with Crippen LogP contribution in [0.4, 0.5) is 0 Å². The molecule has 0 aliphatic heterocycles. The van der Waals surface area contributed by atoms with Gasteiger partial charge in [-0.25, -0.2) is 0 Å². The van der Waals surface area contributed by atoms with Crippen LogP contribution in [-0.2, 0) is 11.2 Å². The van der Waals surface area contributed by atoms with Crippen LogP contribution in [-0.4, -0.2) is 11.1 Å². The fourth-order valence-corrected chi connectivity index (χ4v) is 1.58. The molecular weight excluding hydrogens is 244 g/mol. The van der Waals surface area contributed by atoms with Crippen LogP contribution < -0.4 is 0 Å². The minimum atomic E-state index is -0.713. The molecule has 1 aromatic rings.